The van der Waals surface area contributed by atoms with Crippen LogP contribution in [0.4, 0.5) is 0 Å². The number of hydrogen-bond acceptors (Lipinski definition) is 3. The van der Waals surface area contributed by atoms with Gasteiger partial charge in [-0.1, -0.05) is 42.5 Å². The van der Waals surface area contributed by atoms with E-state index in [1.165, 1.54) is 16.8 Å². The maximum Gasteiger partial charge on any atom is 0.335 e. The molecular weight excluding hydrogens is 292 g/mol. The third-order valence-corrected chi connectivity index (χ3v) is 3.45. The lowest BCUT2D eigenvalue weighted by molar-refractivity contribution is 0.0697. The Bertz CT molecular complexity index is 901. The molecule has 3 rings (SSSR count). The molecule has 3 aromatic rings. The third-order valence-electron chi connectivity index (χ3n) is 3.45. The summed E-state index contributed by atoms with van der Waals surface area (Å²) < 4.78 is 1.37. The molecule has 0 radical (unpaired) electrons. The Morgan fingerprint density at radius 1 is 1.00 bits per heavy atom. The van der Waals surface area contributed by atoms with Gasteiger partial charge in [0, 0.05) is 11.6 Å². The Morgan fingerprint density at radius 3 is 2.52 bits per heavy atom. The van der Waals surface area contributed by atoms with Crippen molar-refractivity contribution in [3.63, 3.8) is 0 Å². The van der Waals surface area contributed by atoms with Crippen LogP contribution in [0.25, 0.3) is 11.3 Å². The van der Waals surface area contributed by atoms with Crippen molar-refractivity contribution in [2.75, 3.05) is 0 Å². The smallest absolute Gasteiger partial charge is 0.335 e. The molecule has 0 fully saturated rings. The molecular formula is C18H14N2O3. The van der Waals surface area contributed by atoms with Gasteiger partial charge in [-0.3, -0.25) is 4.79 Å². The van der Waals surface area contributed by atoms with Crippen LogP contribution in [0.5, 0.6) is 0 Å². The number of rotatable bonds is 4. The lowest BCUT2D eigenvalue weighted by Gasteiger charge is -2.08. The number of aromatic carboxylic acids is 1. The van der Waals surface area contributed by atoms with Gasteiger partial charge >= 0.3 is 5.97 Å². The minimum absolute atomic E-state index is 0.185. The number of hydrogen-bond donors (Lipinski definition) is 1. The molecule has 0 atom stereocenters. The highest BCUT2D eigenvalue weighted by Gasteiger charge is 2.08. The summed E-state index contributed by atoms with van der Waals surface area (Å²) in [6.45, 7) is 0.367. The lowest BCUT2D eigenvalue weighted by atomic mass is 10.1. The van der Waals surface area contributed by atoms with E-state index in [-0.39, 0.29) is 11.1 Å². The molecule has 1 heterocycles. The first-order valence-electron chi connectivity index (χ1n) is 7.09. The van der Waals surface area contributed by atoms with Crippen molar-refractivity contribution in [2.45, 2.75) is 6.54 Å². The Kier molecular flexibility index (Phi) is 4.01. The molecule has 0 aliphatic carbocycles. The fourth-order valence-corrected chi connectivity index (χ4v) is 2.28. The number of benzene rings is 2. The van der Waals surface area contributed by atoms with Gasteiger partial charge in [0.15, 0.2) is 0 Å². The van der Waals surface area contributed by atoms with Gasteiger partial charge < -0.3 is 5.11 Å². The van der Waals surface area contributed by atoms with Crippen molar-refractivity contribution in [1.29, 1.82) is 0 Å². The standard InChI is InChI=1S/C18H14N2O3/c21-17-10-9-16(14-7-4-8-15(11-14)18(22)23)19-20(17)12-13-5-2-1-3-6-13/h1-11H,12H2,(H,22,23). The van der Waals surface area contributed by atoms with E-state index in [0.717, 1.165) is 5.56 Å². The van der Waals surface area contributed by atoms with Gasteiger partial charge in [0.25, 0.3) is 5.56 Å². The second kappa shape index (κ2) is 6.27. The fourth-order valence-electron chi connectivity index (χ4n) is 2.28. The minimum Gasteiger partial charge on any atom is -0.478 e. The van der Waals surface area contributed by atoms with E-state index in [1.54, 1.807) is 24.3 Å². The molecule has 0 aliphatic heterocycles. The predicted octanol–water partition coefficient (Wildman–Crippen LogP) is 2.66. The first kappa shape index (κ1) is 14.7. The summed E-state index contributed by atoms with van der Waals surface area (Å²) in [5, 5.41) is 13.4. The van der Waals surface area contributed by atoms with Gasteiger partial charge in [0.1, 0.15) is 0 Å². The molecule has 0 bridgehead atoms. The van der Waals surface area contributed by atoms with E-state index in [9.17, 15) is 9.59 Å². The van der Waals surface area contributed by atoms with Crippen molar-refractivity contribution in [2.24, 2.45) is 0 Å². The summed E-state index contributed by atoms with van der Waals surface area (Å²) in [6.07, 6.45) is 0. The van der Waals surface area contributed by atoms with Crippen LogP contribution < -0.4 is 5.56 Å². The maximum atomic E-state index is 12.0. The van der Waals surface area contributed by atoms with E-state index in [4.69, 9.17) is 5.11 Å². The van der Waals surface area contributed by atoms with Gasteiger partial charge in [-0.15, -0.1) is 0 Å². The van der Waals surface area contributed by atoms with Gasteiger partial charge in [0.2, 0.25) is 0 Å². The normalized spacial score (nSPS) is 10.4. The molecule has 114 valence electrons. The van der Waals surface area contributed by atoms with Crippen molar-refractivity contribution in [1.82, 2.24) is 9.78 Å². The van der Waals surface area contributed by atoms with Crippen LogP contribution in [-0.4, -0.2) is 20.9 Å². The first-order valence-corrected chi connectivity index (χ1v) is 7.09. The molecule has 0 unspecified atom stereocenters. The predicted molar refractivity (Wildman–Crippen MR) is 86.4 cm³/mol. The summed E-state index contributed by atoms with van der Waals surface area (Å²) in [5.41, 5.74) is 2.17. The number of nitrogens with zero attached hydrogens (tertiary/aromatic N) is 2. The Hall–Kier alpha value is -3.21. The largest absolute Gasteiger partial charge is 0.478 e. The molecule has 0 aliphatic rings. The van der Waals surface area contributed by atoms with Crippen molar-refractivity contribution in [3.05, 3.63) is 88.2 Å². The van der Waals surface area contributed by atoms with Crippen LogP contribution in [0.15, 0.2) is 71.5 Å². The average molecular weight is 306 g/mol. The second-order valence-corrected chi connectivity index (χ2v) is 5.09. The van der Waals surface area contributed by atoms with Crippen LogP contribution in [0.2, 0.25) is 0 Å². The molecule has 0 saturated carbocycles. The second-order valence-electron chi connectivity index (χ2n) is 5.09. The van der Waals surface area contributed by atoms with E-state index in [2.05, 4.69) is 5.10 Å². The van der Waals surface area contributed by atoms with E-state index >= 15 is 0 Å². The van der Waals surface area contributed by atoms with Crippen LogP contribution in [0.1, 0.15) is 15.9 Å². The van der Waals surface area contributed by atoms with Gasteiger partial charge in [-0.05, 0) is 23.8 Å². The monoisotopic (exact) mass is 306 g/mol. The van der Waals surface area contributed by atoms with Crippen LogP contribution in [0.3, 0.4) is 0 Å². The molecule has 1 aromatic heterocycles. The maximum absolute atomic E-state index is 12.0. The number of carboxylic acid groups (broad SMARTS) is 1. The Labute approximate surface area is 132 Å². The molecule has 0 amide bonds. The first-order chi connectivity index (χ1) is 11.1. The van der Waals surface area contributed by atoms with Crippen molar-refractivity contribution in [3.8, 4) is 11.3 Å². The zero-order valence-electron chi connectivity index (χ0n) is 12.2. The summed E-state index contributed by atoms with van der Waals surface area (Å²) in [6, 6.07) is 19.1. The molecule has 1 N–H and O–H groups in total. The van der Waals surface area contributed by atoms with E-state index < -0.39 is 5.97 Å². The highest BCUT2D eigenvalue weighted by atomic mass is 16.4. The summed E-state index contributed by atoms with van der Waals surface area (Å²) in [5.74, 6) is -0.996. The Balaban J connectivity index is 1.99. The molecule has 0 saturated heterocycles. The Morgan fingerprint density at radius 2 is 1.78 bits per heavy atom. The molecule has 23 heavy (non-hydrogen) atoms. The quantitative estimate of drug-likeness (QED) is 0.804. The number of carboxylic acids is 1. The zero-order chi connectivity index (χ0) is 16.2. The zero-order valence-corrected chi connectivity index (χ0v) is 12.2. The lowest BCUT2D eigenvalue weighted by Crippen LogP contribution is -2.22. The molecule has 2 aromatic carbocycles. The molecule has 5 nitrogen and oxygen atoms in total. The van der Waals surface area contributed by atoms with Crippen LogP contribution in [0, 0.1) is 0 Å². The number of aromatic nitrogens is 2. The third kappa shape index (κ3) is 3.35. The average Bonchev–Trinajstić information content (AvgIpc) is 2.58. The summed E-state index contributed by atoms with van der Waals surface area (Å²) in [7, 11) is 0. The minimum atomic E-state index is -0.996. The number of carbonyl (C=O) groups is 1. The van der Waals surface area contributed by atoms with Gasteiger partial charge in [-0.2, -0.15) is 5.10 Å². The fraction of sp³-hybridized carbons (Fsp3) is 0.0556. The summed E-state index contributed by atoms with van der Waals surface area (Å²) in [4.78, 5) is 23.1. The van der Waals surface area contributed by atoms with Gasteiger partial charge in [0.05, 0.1) is 17.8 Å². The van der Waals surface area contributed by atoms with Crippen LogP contribution in [-0.2, 0) is 6.54 Å². The highest BCUT2D eigenvalue weighted by Crippen LogP contribution is 2.17. The van der Waals surface area contributed by atoms with Crippen LogP contribution >= 0.6 is 0 Å². The van der Waals surface area contributed by atoms with Crippen molar-refractivity contribution >= 4 is 5.97 Å². The van der Waals surface area contributed by atoms with Crippen molar-refractivity contribution < 1.29 is 9.90 Å². The summed E-state index contributed by atoms with van der Waals surface area (Å²) >= 11 is 0. The van der Waals surface area contributed by atoms with Gasteiger partial charge in [-0.25, -0.2) is 9.48 Å². The van der Waals surface area contributed by atoms with E-state index in [1.807, 2.05) is 30.3 Å². The topological polar surface area (TPSA) is 72.2 Å². The molecule has 5 heteroatoms. The van der Waals surface area contributed by atoms with E-state index in [0.29, 0.717) is 17.8 Å². The SMILES string of the molecule is O=C(O)c1cccc(-c2ccc(=O)n(Cc3ccccc3)n2)c1. The highest BCUT2D eigenvalue weighted by molar-refractivity contribution is 5.89. The molecule has 0 spiro atoms.